The van der Waals surface area contributed by atoms with Crippen LogP contribution in [0.5, 0.6) is 11.5 Å². The molecule has 9 rings (SSSR count). The molecule has 2 N–H and O–H groups in total. The van der Waals surface area contributed by atoms with Gasteiger partial charge in [-0.3, -0.25) is 24.6 Å². The second-order valence-electron chi connectivity index (χ2n) is 15.3. The van der Waals surface area contributed by atoms with Gasteiger partial charge in [-0.15, -0.1) is 0 Å². The van der Waals surface area contributed by atoms with Crippen molar-refractivity contribution in [3.63, 3.8) is 0 Å². The van der Waals surface area contributed by atoms with Crippen LogP contribution in [-0.4, -0.2) is 33.7 Å². The molecule has 1 saturated carbocycles. The van der Waals surface area contributed by atoms with E-state index in [4.69, 9.17) is 27.9 Å². The van der Waals surface area contributed by atoms with E-state index in [9.17, 15) is 23.9 Å². The molecule has 4 amide bonds. The van der Waals surface area contributed by atoms with E-state index in [1.165, 1.54) is 35.2 Å². The Labute approximate surface area is 343 Å². The fraction of sp³-hybridized carbons (Fsp3) is 0.217. The monoisotopic (exact) mass is 815 g/mol. The number of phenolic OH excluding ortho intramolecular Hbond substituents is 1. The summed E-state index contributed by atoms with van der Waals surface area (Å²) in [5.41, 5.74) is 5.12. The molecule has 2 heterocycles. The third kappa shape index (κ3) is 5.96. The summed E-state index contributed by atoms with van der Waals surface area (Å²) in [6.45, 7) is 2.07. The Kier molecular flexibility index (Phi) is 9.36. The lowest BCUT2D eigenvalue weighted by atomic mass is 9.49. The third-order valence-electron chi connectivity index (χ3n) is 12.2. The van der Waals surface area contributed by atoms with Crippen molar-refractivity contribution >= 4 is 58.2 Å². The van der Waals surface area contributed by atoms with Gasteiger partial charge in [-0.05, 0) is 97.0 Å². The smallest absolute Gasteiger partial charge is 0.260 e. The van der Waals surface area contributed by atoms with Crippen LogP contribution in [0.25, 0.3) is 0 Å². The maximum absolute atomic E-state index is 15.4. The number of aryl methyl sites for hydroxylation is 1. The minimum Gasteiger partial charge on any atom is -0.508 e. The average molecular weight is 817 g/mol. The van der Waals surface area contributed by atoms with Gasteiger partial charge in [-0.2, -0.15) is 5.01 Å². The lowest BCUT2D eigenvalue weighted by molar-refractivity contribution is -0.138. The number of carbonyl (C=O) groups excluding carboxylic acids is 4. The van der Waals surface area contributed by atoms with E-state index in [0.29, 0.717) is 43.9 Å². The molecule has 2 saturated heterocycles. The lowest BCUT2D eigenvalue weighted by Crippen LogP contribution is -2.53. The molecule has 0 bridgehead atoms. The van der Waals surface area contributed by atoms with Gasteiger partial charge in [0, 0.05) is 27.6 Å². The Bertz CT molecular complexity index is 2530. The second-order valence-corrected chi connectivity index (χ2v) is 16.2. The fourth-order valence-electron chi connectivity index (χ4n) is 9.57. The number of nitrogens with one attached hydrogen (secondary N) is 1. The molecule has 3 fully saturated rings. The SMILES string of the molecule is Cc1ccc(N2C(=O)C3CC=C4C(CC5C(=O)N(Nc6ccc(F)cc6)C(=O)C5(c5ccc(Cl)cc5)C4c4ccc(OCc5ccccc5)cc4O)C3C2=O)cc1Cl. The predicted molar refractivity (Wildman–Crippen MR) is 217 cm³/mol. The summed E-state index contributed by atoms with van der Waals surface area (Å²) >= 11 is 12.9. The number of fused-ring (bicyclic) bond motifs is 4. The summed E-state index contributed by atoms with van der Waals surface area (Å²) in [4.78, 5) is 60.4. The molecule has 58 heavy (non-hydrogen) atoms. The Morgan fingerprint density at radius 1 is 0.845 bits per heavy atom. The first kappa shape index (κ1) is 37.6. The van der Waals surface area contributed by atoms with Crippen molar-refractivity contribution in [1.82, 2.24) is 5.01 Å². The molecule has 4 aliphatic rings. The van der Waals surface area contributed by atoms with Crippen LogP contribution in [-0.2, 0) is 31.2 Å². The minimum absolute atomic E-state index is 0.0405. The van der Waals surface area contributed by atoms with E-state index in [1.54, 1.807) is 54.6 Å². The van der Waals surface area contributed by atoms with Crippen molar-refractivity contribution < 1.29 is 33.4 Å². The van der Waals surface area contributed by atoms with Crippen LogP contribution in [0.15, 0.2) is 127 Å². The highest BCUT2D eigenvalue weighted by Crippen LogP contribution is 2.65. The number of phenols is 1. The Morgan fingerprint density at radius 2 is 1.59 bits per heavy atom. The number of carbonyl (C=O) groups is 4. The molecule has 0 aromatic heterocycles. The molecular weight excluding hydrogens is 780 g/mol. The Morgan fingerprint density at radius 3 is 2.29 bits per heavy atom. The topological polar surface area (TPSA) is 116 Å². The number of nitrogens with zero attached hydrogens (tertiary/aromatic N) is 2. The van der Waals surface area contributed by atoms with Crippen LogP contribution in [0.1, 0.15) is 41.0 Å². The fourth-order valence-corrected chi connectivity index (χ4v) is 9.87. The number of imide groups is 2. The number of halogens is 3. The molecule has 0 spiro atoms. The minimum atomic E-state index is -1.66. The van der Waals surface area contributed by atoms with Gasteiger partial charge in [0.15, 0.2) is 0 Å². The predicted octanol–water partition coefficient (Wildman–Crippen LogP) is 8.92. The van der Waals surface area contributed by atoms with Crippen molar-refractivity contribution in [3.8, 4) is 11.5 Å². The first-order valence-electron chi connectivity index (χ1n) is 19.0. The highest BCUT2D eigenvalue weighted by Gasteiger charge is 2.70. The summed E-state index contributed by atoms with van der Waals surface area (Å²) in [6, 6.07) is 31.5. The highest BCUT2D eigenvalue weighted by atomic mass is 35.5. The number of hydrogen-bond donors (Lipinski definition) is 2. The van der Waals surface area contributed by atoms with E-state index in [0.717, 1.165) is 16.1 Å². The van der Waals surface area contributed by atoms with Crippen molar-refractivity contribution in [2.45, 2.75) is 37.7 Å². The van der Waals surface area contributed by atoms with Gasteiger partial charge in [0.1, 0.15) is 23.9 Å². The zero-order chi connectivity index (χ0) is 40.5. The summed E-state index contributed by atoms with van der Waals surface area (Å²) in [7, 11) is 0. The molecule has 6 atom stereocenters. The van der Waals surface area contributed by atoms with Crippen molar-refractivity contribution in [2.75, 3.05) is 10.3 Å². The number of benzene rings is 5. The summed E-state index contributed by atoms with van der Waals surface area (Å²) in [6.07, 6.45) is 2.14. The number of allylic oxidation sites excluding steroid dienone is 2. The third-order valence-corrected chi connectivity index (χ3v) is 12.9. The number of ether oxygens (including phenoxy) is 1. The number of aromatic hydroxyl groups is 1. The number of anilines is 2. The van der Waals surface area contributed by atoms with Crippen LogP contribution < -0.4 is 15.1 Å². The van der Waals surface area contributed by atoms with E-state index >= 15 is 4.79 Å². The Hall–Kier alpha value is -5.97. The summed E-state index contributed by atoms with van der Waals surface area (Å²) in [5.74, 6) is -6.61. The molecule has 2 aliphatic carbocycles. The zero-order valence-corrected chi connectivity index (χ0v) is 32.6. The number of rotatable bonds is 8. The van der Waals surface area contributed by atoms with Crippen LogP contribution >= 0.6 is 23.2 Å². The highest BCUT2D eigenvalue weighted by molar-refractivity contribution is 6.32. The molecule has 2 aliphatic heterocycles. The number of hydrogen-bond acceptors (Lipinski definition) is 7. The molecule has 9 nitrogen and oxygen atoms in total. The van der Waals surface area contributed by atoms with Crippen molar-refractivity contribution in [2.24, 2.45) is 23.7 Å². The van der Waals surface area contributed by atoms with E-state index in [2.05, 4.69) is 5.43 Å². The van der Waals surface area contributed by atoms with Crippen LogP contribution in [0.3, 0.4) is 0 Å². The van der Waals surface area contributed by atoms with Crippen molar-refractivity contribution in [3.05, 3.63) is 165 Å². The van der Waals surface area contributed by atoms with Gasteiger partial charge in [0.25, 0.3) is 11.8 Å². The van der Waals surface area contributed by atoms with Gasteiger partial charge >= 0.3 is 0 Å². The van der Waals surface area contributed by atoms with Crippen molar-refractivity contribution in [1.29, 1.82) is 0 Å². The quantitative estimate of drug-likeness (QED) is 0.119. The van der Waals surface area contributed by atoms with E-state index in [-0.39, 0.29) is 31.1 Å². The number of hydrazine groups is 1. The maximum atomic E-state index is 15.4. The first-order valence-corrected chi connectivity index (χ1v) is 19.7. The van der Waals surface area contributed by atoms with E-state index in [1.807, 2.05) is 43.3 Å². The van der Waals surface area contributed by atoms with E-state index < -0.39 is 58.5 Å². The van der Waals surface area contributed by atoms with Gasteiger partial charge in [-0.25, -0.2) is 9.29 Å². The van der Waals surface area contributed by atoms with Crippen LogP contribution in [0, 0.1) is 36.4 Å². The van der Waals surface area contributed by atoms with Gasteiger partial charge in [-0.1, -0.05) is 89.4 Å². The second kappa shape index (κ2) is 14.4. The molecule has 0 radical (unpaired) electrons. The van der Waals surface area contributed by atoms with Gasteiger partial charge < -0.3 is 9.84 Å². The molecule has 292 valence electrons. The van der Waals surface area contributed by atoms with Gasteiger partial charge in [0.2, 0.25) is 11.8 Å². The maximum Gasteiger partial charge on any atom is 0.260 e. The molecule has 5 aromatic rings. The first-order chi connectivity index (χ1) is 28.0. The Balaban J connectivity index is 1.20. The molecule has 5 aromatic carbocycles. The largest absolute Gasteiger partial charge is 0.508 e. The van der Waals surface area contributed by atoms with Crippen LogP contribution in [0.2, 0.25) is 10.0 Å². The molecule has 6 unspecified atom stereocenters. The average Bonchev–Trinajstić information content (AvgIpc) is 3.60. The molecule has 12 heteroatoms. The summed E-state index contributed by atoms with van der Waals surface area (Å²) in [5, 5.41) is 13.8. The number of amides is 4. The molecular formula is C46H36Cl2FN3O6. The van der Waals surface area contributed by atoms with Gasteiger partial charge in [0.05, 0.1) is 34.5 Å². The normalized spacial score (nSPS) is 25.0. The zero-order valence-electron chi connectivity index (χ0n) is 31.1. The standard InChI is InChI=1S/C46H36Cl2FN3O6/c1-25-7-16-31(21-38(25)48)51-42(54)35-20-19-33-36(40(35)44(51)56)23-37-43(55)52(50-30-14-12-29(49)13-15-30)45(57)46(37,27-8-10-28(47)11-9-27)41(33)34-18-17-32(22-39(34)53)58-24-26-5-3-2-4-6-26/h2-19,21-22,35-37,40-41,50,53H,20,23-24H2,1H3. The van der Waals surface area contributed by atoms with Crippen LogP contribution in [0.4, 0.5) is 15.8 Å². The summed E-state index contributed by atoms with van der Waals surface area (Å²) < 4.78 is 20.0. The lowest BCUT2D eigenvalue weighted by Gasteiger charge is -2.50.